The van der Waals surface area contributed by atoms with Gasteiger partial charge in [0.1, 0.15) is 0 Å². The molecule has 0 heterocycles. The third kappa shape index (κ3) is 6.87. The molecule has 8 heteroatoms. The molecule has 0 aliphatic heterocycles. The first kappa shape index (κ1) is 17.3. The van der Waals surface area contributed by atoms with E-state index in [2.05, 4.69) is 4.74 Å². The fraction of sp³-hybridized carbons (Fsp3) is 0.800. The lowest BCUT2D eigenvalue weighted by Crippen LogP contribution is -2.35. The van der Waals surface area contributed by atoms with E-state index in [9.17, 15) is 13.2 Å². The van der Waals surface area contributed by atoms with Gasteiger partial charge in [0.15, 0.2) is 0 Å². The number of rotatable bonds is 9. The molecule has 0 spiro atoms. The molecule has 0 aromatic carbocycles. The van der Waals surface area contributed by atoms with Gasteiger partial charge >= 0.3 is 5.97 Å². The second kappa shape index (κ2) is 8.39. The van der Waals surface area contributed by atoms with Gasteiger partial charge in [-0.25, -0.2) is 12.7 Å². The molecular weight excluding hydrogens is 276 g/mol. The Morgan fingerprint density at radius 3 is 2.39 bits per heavy atom. The number of sulfonamides is 1. The highest BCUT2D eigenvalue weighted by atomic mass is 32.2. The summed E-state index contributed by atoms with van der Waals surface area (Å²) in [5.74, 6) is -0.761. The highest BCUT2D eigenvalue weighted by Gasteiger charge is 2.21. The summed E-state index contributed by atoms with van der Waals surface area (Å²) in [6.07, 6.45) is 0.196. The molecule has 0 rings (SSSR count). The Balaban J connectivity index is 4.39. The van der Waals surface area contributed by atoms with Crippen molar-refractivity contribution in [3.8, 4) is 0 Å². The van der Waals surface area contributed by atoms with Gasteiger partial charge in [0.05, 0.1) is 23.8 Å². The van der Waals surface area contributed by atoms with E-state index in [0.29, 0.717) is 13.0 Å². The summed E-state index contributed by atoms with van der Waals surface area (Å²) in [4.78, 5) is 11.4. The first-order chi connectivity index (χ1) is 8.33. The van der Waals surface area contributed by atoms with Gasteiger partial charge in [-0.1, -0.05) is 19.1 Å². The smallest absolute Gasteiger partial charge is 0.306 e. The van der Waals surface area contributed by atoms with Crippen LogP contribution in [0.3, 0.4) is 0 Å². The van der Waals surface area contributed by atoms with Crippen LogP contribution < -0.4 is 5.73 Å². The summed E-state index contributed by atoms with van der Waals surface area (Å²) in [5, 5.41) is 0. The van der Waals surface area contributed by atoms with E-state index in [-0.39, 0.29) is 30.3 Å². The van der Waals surface area contributed by atoms with Gasteiger partial charge in [0.2, 0.25) is 10.0 Å². The Labute approximate surface area is 114 Å². The highest BCUT2D eigenvalue weighted by Crippen LogP contribution is 2.05. The fourth-order valence-corrected chi connectivity index (χ4v) is 2.84. The molecule has 0 radical (unpaired) electrons. The van der Waals surface area contributed by atoms with Crippen LogP contribution in [0.1, 0.15) is 26.7 Å². The van der Waals surface area contributed by atoms with Crippen LogP contribution in [0.5, 0.6) is 0 Å². The van der Waals surface area contributed by atoms with Gasteiger partial charge in [-0.15, -0.1) is 0 Å². The fourth-order valence-electron chi connectivity index (χ4n) is 1.30. The lowest BCUT2D eigenvalue weighted by atomic mass is 10.4. The minimum Gasteiger partial charge on any atom is -0.466 e. The standard InChI is InChI=1S/C10H20N2O4S2/c1-3-12(7-5-9(11)17)18(14,15)8-6-10(13)16-4-2/h3-8H2,1-2H3,(H2,11,17). The van der Waals surface area contributed by atoms with E-state index in [1.54, 1.807) is 13.8 Å². The van der Waals surface area contributed by atoms with Crippen molar-refractivity contribution in [3.05, 3.63) is 0 Å². The Morgan fingerprint density at radius 2 is 1.94 bits per heavy atom. The SMILES string of the molecule is CCOC(=O)CCS(=O)(=O)N(CC)CCC(N)=S. The molecule has 0 atom stereocenters. The number of nitrogens with two attached hydrogens (primary N) is 1. The molecule has 106 valence electrons. The molecule has 0 saturated carbocycles. The van der Waals surface area contributed by atoms with E-state index in [1.807, 2.05) is 0 Å². The number of esters is 1. The molecular formula is C10H20N2O4S2. The van der Waals surface area contributed by atoms with Crippen LogP contribution in [0, 0.1) is 0 Å². The zero-order chi connectivity index (χ0) is 14.2. The number of nitrogens with zero attached hydrogens (tertiary/aromatic N) is 1. The van der Waals surface area contributed by atoms with Crippen molar-refractivity contribution in [2.24, 2.45) is 5.73 Å². The summed E-state index contributed by atoms with van der Waals surface area (Å²) in [6, 6.07) is 0. The number of carbonyl (C=O) groups excluding carboxylic acids is 1. The van der Waals surface area contributed by atoms with Crippen molar-refractivity contribution in [2.45, 2.75) is 26.7 Å². The Kier molecular flexibility index (Phi) is 8.05. The van der Waals surface area contributed by atoms with Crippen molar-refractivity contribution >= 4 is 33.2 Å². The van der Waals surface area contributed by atoms with E-state index in [0.717, 1.165) is 0 Å². The summed E-state index contributed by atoms with van der Waals surface area (Å²) in [6.45, 7) is 4.22. The molecule has 0 fully saturated rings. The molecule has 0 amide bonds. The lowest BCUT2D eigenvalue weighted by Gasteiger charge is -2.19. The van der Waals surface area contributed by atoms with Gasteiger partial charge < -0.3 is 10.5 Å². The second-order valence-electron chi connectivity index (χ2n) is 3.58. The predicted octanol–water partition coefficient (Wildman–Crippen LogP) is 0.268. The highest BCUT2D eigenvalue weighted by molar-refractivity contribution is 7.89. The minimum atomic E-state index is -3.46. The number of hydrogen-bond acceptors (Lipinski definition) is 5. The van der Waals surface area contributed by atoms with Gasteiger partial charge in [0.25, 0.3) is 0 Å². The van der Waals surface area contributed by atoms with E-state index >= 15 is 0 Å². The van der Waals surface area contributed by atoms with Gasteiger partial charge in [-0.05, 0) is 6.92 Å². The number of hydrogen-bond donors (Lipinski definition) is 1. The van der Waals surface area contributed by atoms with Crippen molar-refractivity contribution < 1.29 is 17.9 Å². The zero-order valence-corrected chi connectivity index (χ0v) is 12.3. The Bertz CT molecular complexity index is 381. The molecule has 0 aromatic heterocycles. The third-order valence-electron chi connectivity index (χ3n) is 2.22. The van der Waals surface area contributed by atoms with Crippen LogP contribution in [0.4, 0.5) is 0 Å². The van der Waals surface area contributed by atoms with Crippen LogP contribution in [0.25, 0.3) is 0 Å². The maximum atomic E-state index is 11.9. The van der Waals surface area contributed by atoms with Crippen molar-refractivity contribution in [1.29, 1.82) is 0 Å². The molecule has 0 saturated heterocycles. The van der Waals surface area contributed by atoms with E-state index in [4.69, 9.17) is 18.0 Å². The molecule has 6 nitrogen and oxygen atoms in total. The number of ether oxygens (including phenoxy) is 1. The molecule has 0 aliphatic rings. The predicted molar refractivity (Wildman–Crippen MR) is 73.7 cm³/mol. The van der Waals surface area contributed by atoms with Crippen LogP contribution in [-0.4, -0.2) is 49.1 Å². The normalized spacial score (nSPS) is 11.5. The quantitative estimate of drug-likeness (QED) is 0.485. The largest absolute Gasteiger partial charge is 0.466 e. The summed E-state index contributed by atoms with van der Waals surface area (Å²) in [5.41, 5.74) is 5.34. The average Bonchev–Trinajstić information content (AvgIpc) is 2.27. The zero-order valence-electron chi connectivity index (χ0n) is 10.7. The van der Waals surface area contributed by atoms with Crippen molar-refractivity contribution in [3.63, 3.8) is 0 Å². The van der Waals surface area contributed by atoms with Gasteiger partial charge in [-0.3, -0.25) is 4.79 Å². The van der Waals surface area contributed by atoms with Gasteiger partial charge in [0, 0.05) is 19.5 Å². The number of thiocarbonyl (C=S) groups is 1. The maximum absolute atomic E-state index is 11.9. The third-order valence-corrected chi connectivity index (χ3v) is 4.37. The molecule has 0 aliphatic carbocycles. The molecule has 0 aromatic rings. The molecule has 0 bridgehead atoms. The van der Waals surface area contributed by atoms with Crippen LogP contribution >= 0.6 is 12.2 Å². The maximum Gasteiger partial charge on any atom is 0.306 e. The van der Waals surface area contributed by atoms with Crippen molar-refractivity contribution in [1.82, 2.24) is 4.31 Å². The summed E-state index contributed by atoms with van der Waals surface area (Å²) >= 11 is 4.71. The second-order valence-corrected chi connectivity index (χ2v) is 6.19. The topological polar surface area (TPSA) is 89.7 Å². The van der Waals surface area contributed by atoms with E-state index in [1.165, 1.54) is 4.31 Å². The number of carbonyl (C=O) groups is 1. The van der Waals surface area contributed by atoms with Crippen LogP contribution in [0.15, 0.2) is 0 Å². The van der Waals surface area contributed by atoms with Gasteiger partial charge in [-0.2, -0.15) is 0 Å². The summed E-state index contributed by atoms with van der Waals surface area (Å²) < 4.78 is 29.8. The first-order valence-electron chi connectivity index (χ1n) is 5.75. The summed E-state index contributed by atoms with van der Waals surface area (Å²) in [7, 11) is -3.46. The molecule has 18 heavy (non-hydrogen) atoms. The Hall–Kier alpha value is -0.730. The minimum absolute atomic E-state index is 0.139. The van der Waals surface area contributed by atoms with Crippen LogP contribution in [-0.2, 0) is 19.6 Å². The van der Waals surface area contributed by atoms with Crippen LogP contribution in [0.2, 0.25) is 0 Å². The van der Waals surface area contributed by atoms with E-state index < -0.39 is 16.0 Å². The monoisotopic (exact) mass is 296 g/mol. The lowest BCUT2D eigenvalue weighted by molar-refractivity contribution is -0.142. The molecule has 0 unspecified atom stereocenters. The average molecular weight is 296 g/mol. The molecule has 2 N–H and O–H groups in total. The van der Waals surface area contributed by atoms with Crippen molar-refractivity contribution in [2.75, 3.05) is 25.4 Å². The Morgan fingerprint density at radius 1 is 1.33 bits per heavy atom. The first-order valence-corrected chi connectivity index (χ1v) is 7.77.